The number of hydrogen-bond donors (Lipinski definition) is 1. The summed E-state index contributed by atoms with van der Waals surface area (Å²) in [6.45, 7) is 2.87. The van der Waals surface area contributed by atoms with Gasteiger partial charge < -0.3 is 5.32 Å². The van der Waals surface area contributed by atoms with Crippen LogP contribution in [-0.4, -0.2) is 16.2 Å². The number of benzene rings is 1. The monoisotopic (exact) mass is 279 g/mol. The lowest BCUT2D eigenvalue weighted by molar-refractivity contribution is 0.679. The SMILES string of the molecule is Cc1cc(Cl)ccc1-c1nnc(CNC2CC2)s1. The third-order valence-corrected chi connectivity index (χ3v) is 4.20. The molecule has 3 nitrogen and oxygen atoms in total. The van der Waals surface area contributed by atoms with E-state index in [1.165, 1.54) is 12.8 Å². The van der Waals surface area contributed by atoms with Gasteiger partial charge in [-0.15, -0.1) is 10.2 Å². The van der Waals surface area contributed by atoms with Crippen LogP contribution in [0.3, 0.4) is 0 Å². The number of halogens is 1. The molecule has 3 rings (SSSR count). The molecular weight excluding hydrogens is 266 g/mol. The fourth-order valence-corrected chi connectivity index (χ4v) is 2.93. The standard InChI is InChI=1S/C13H14ClN3S/c1-8-6-9(14)2-5-11(8)13-17-16-12(18-13)7-15-10-3-4-10/h2,5-6,10,15H,3-4,7H2,1H3. The molecule has 0 unspecified atom stereocenters. The molecule has 0 saturated heterocycles. The zero-order valence-corrected chi connectivity index (χ0v) is 11.7. The first-order chi connectivity index (χ1) is 8.72. The molecule has 1 aromatic carbocycles. The average Bonchev–Trinajstić information content (AvgIpc) is 3.05. The predicted molar refractivity (Wildman–Crippen MR) is 75.0 cm³/mol. The molecule has 1 saturated carbocycles. The van der Waals surface area contributed by atoms with Crippen LogP contribution in [0.1, 0.15) is 23.4 Å². The number of rotatable bonds is 4. The van der Waals surface area contributed by atoms with E-state index in [0.29, 0.717) is 6.04 Å². The smallest absolute Gasteiger partial charge is 0.148 e. The third-order valence-electron chi connectivity index (χ3n) is 3.01. The molecule has 94 valence electrons. The maximum Gasteiger partial charge on any atom is 0.148 e. The maximum absolute atomic E-state index is 5.96. The first-order valence-corrected chi connectivity index (χ1v) is 7.24. The summed E-state index contributed by atoms with van der Waals surface area (Å²) in [4.78, 5) is 0. The van der Waals surface area contributed by atoms with Crippen molar-refractivity contribution >= 4 is 22.9 Å². The molecule has 1 N–H and O–H groups in total. The molecule has 0 amide bonds. The molecule has 0 aliphatic heterocycles. The van der Waals surface area contributed by atoms with Crippen molar-refractivity contribution in [3.63, 3.8) is 0 Å². The van der Waals surface area contributed by atoms with Crippen molar-refractivity contribution in [2.45, 2.75) is 32.4 Å². The van der Waals surface area contributed by atoms with Crippen LogP contribution < -0.4 is 5.32 Å². The Morgan fingerprint density at radius 1 is 1.39 bits per heavy atom. The summed E-state index contributed by atoms with van der Waals surface area (Å²) in [7, 11) is 0. The van der Waals surface area contributed by atoms with Gasteiger partial charge in [-0.2, -0.15) is 0 Å². The highest BCUT2D eigenvalue weighted by Crippen LogP contribution is 2.29. The van der Waals surface area contributed by atoms with Crippen LogP contribution >= 0.6 is 22.9 Å². The largest absolute Gasteiger partial charge is 0.308 e. The Morgan fingerprint density at radius 3 is 2.94 bits per heavy atom. The molecular formula is C13H14ClN3S. The lowest BCUT2D eigenvalue weighted by atomic mass is 10.1. The van der Waals surface area contributed by atoms with Crippen LogP contribution in [0, 0.1) is 6.92 Å². The van der Waals surface area contributed by atoms with Gasteiger partial charge in [-0.05, 0) is 37.5 Å². The second-order valence-electron chi connectivity index (χ2n) is 4.62. The van der Waals surface area contributed by atoms with Crippen molar-refractivity contribution in [3.05, 3.63) is 33.8 Å². The Bertz CT molecular complexity index is 563. The van der Waals surface area contributed by atoms with Gasteiger partial charge in [0, 0.05) is 23.2 Å². The van der Waals surface area contributed by atoms with E-state index >= 15 is 0 Å². The van der Waals surface area contributed by atoms with Crippen molar-refractivity contribution in [2.24, 2.45) is 0 Å². The van der Waals surface area contributed by atoms with Gasteiger partial charge in [0.25, 0.3) is 0 Å². The van der Waals surface area contributed by atoms with Crippen molar-refractivity contribution in [1.29, 1.82) is 0 Å². The summed E-state index contributed by atoms with van der Waals surface area (Å²) in [5, 5.41) is 14.7. The molecule has 0 radical (unpaired) electrons. The van der Waals surface area contributed by atoms with Gasteiger partial charge in [-0.3, -0.25) is 0 Å². The minimum Gasteiger partial charge on any atom is -0.308 e. The van der Waals surface area contributed by atoms with E-state index in [0.717, 1.165) is 32.7 Å². The average molecular weight is 280 g/mol. The first-order valence-electron chi connectivity index (χ1n) is 6.04. The summed E-state index contributed by atoms with van der Waals surface area (Å²) < 4.78 is 0. The van der Waals surface area contributed by atoms with Crippen LogP contribution in [0.25, 0.3) is 10.6 Å². The van der Waals surface area contributed by atoms with E-state index in [9.17, 15) is 0 Å². The molecule has 1 fully saturated rings. The molecule has 0 spiro atoms. The fourth-order valence-electron chi connectivity index (χ4n) is 1.82. The lowest BCUT2D eigenvalue weighted by Gasteiger charge is -2.01. The van der Waals surface area contributed by atoms with Crippen molar-refractivity contribution in [2.75, 3.05) is 0 Å². The highest BCUT2D eigenvalue weighted by molar-refractivity contribution is 7.14. The molecule has 18 heavy (non-hydrogen) atoms. The van der Waals surface area contributed by atoms with Crippen molar-refractivity contribution in [1.82, 2.24) is 15.5 Å². The van der Waals surface area contributed by atoms with Crippen LogP contribution in [0.15, 0.2) is 18.2 Å². The van der Waals surface area contributed by atoms with E-state index in [2.05, 4.69) is 15.5 Å². The Hall–Kier alpha value is -0.970. The van der Waals surface area contributed by atoms with Gasteiger partial charge in [0.2, 0.25) is 0 Å². The molecule has 1 aromatic heterocycles. The predicted octanol–water partition coefficient (Wildman–Crippen LogP) is 3.42. The molecule has 0 bridgehead atoms. The quantitative estimate of drug-likeness (QED) is 0.932. The number of aromatic nitrogens is 2. The highest BCUT2D eigenvalue weighted by atomic mass is 35.5. The Balaban J connectivity index is 1.78. The lowest BCUT2D eigenvalue weighted by Crippen LogP contribution is -2.14. The molecule has 0 atom stereocenters. The van der Waals surface area contributed by atoms with Gasteiger partial charge in [0.1, 0.15) is 10.0 Å². The highest BCUT2D eigenvalue weighted by Gasteiger charge is 2.20. The van der Waals surface area contributed by atoms with E-state index < -0.39 is 0 Å². The van der Waals surface area contributed by atoms with Gasteiger partial charge in [-0.1, -0.05) is 29.0 Å². The number of aryl methyl sites for hydroxylation is 1. The summed E-state index contributed by atoms with van der Waals surface area (Å²) in [6, 6.07) is 6.57. The molecule has 1 heterocycles. The normalized spacial score (nSPS) is 15.0. The Morgan fingerprint density at radius 2 is 2.22 bits per heavy atom. The minimum atomic E-state index is 0.703. The Kier molecular flexibility index (Phi) is 3.33. The summed E-state index contributed by atoms with van der Waals surface area (Å²) in [5.41, 5.74) is 2.26. The minimum absolute atomic E-state index is 0.703. The molecule has 2 aromatic rings. The van der Waals surface area contributed by atoms with Gasteiger partial charge in [0.15, 0.2) is 0 Å². The summed E-state index contributed by atoms with van der Waals surface area (Å²) in [6.07, 6.45) is 2.59. The molecule has 1 aliphatic carbocycles. The maximum atomic E-state index is 5.96. The van der Waals surface area contributed by atoms with E-state index in [1.807, 2.05) is 25.1 Å². The second-order valence-corrected chi connectivity index (χ2v) is 6.11. The summed E-state index contributed by atoms with van der Waals surface area (Å²) in [5.74, 6) is 0. The van der Waals surface area contributed by atoms with Gasteiger partial charge in [0.05, 0.1) is 0 Å². The topological polar surface area (TPSA) is 37.8 Å². The van der Waals surface area contributed by atoms with Crippen LogP contribution in [0.2, 0.25) is 5.02 Å². The zero-order chi connectivity index (χ0) is 12.5. The van der Waals surface area contributed by atoms with E-state index in [1.54, 1.807) is 11.3 Å². The van der Waals surface area contributed by atoms with Crippen LogP contribution in [0.4, 0.5) is 0 Å². The van der Waals surface area contributed by atoms with Crippen molar-refractivity contribution in [3.8, 4) is 10.6 Å². The first kappa shape index (κ1) is 12.1. The summed E-state index contributed by atoms with van der Waals surface area (Å²) >= 11 is 7.61. The number of nitrogens with zero attached hydrogens (tertiary/aromatic N) is 2. The third kappa shape index (κ3) is 2.71. The zero-order valence-electron chi connectivity index (χ0n) is 10.1. The molecule has 5 heteroatoms. The second kappa shape index (κ2) is 4.96. The molecule has 1 aliphatic rings. The van der Waals surface area contributed by atoms with E-state index in [-0.39, 0.29) is 0 Å². The van der Waals surface area contributed by atoms with Gasteiger partial charge in [-0.25, -0.2) is 0 Å². The van der Waals surface area contributed by atoms with Gasteiger partial charge >= 0.3 is 0 Å². The van der Waals surface area contributed by atoms with Crippen LogP contribution in [0.5, 0.6) is 0 Å². The van der Waals surface area contributed by atoms with E-state index in [4.69, 9.17) is 11.6 Å². The Labute approximate surface area is 115 Å². The van der Waals surface area contributed by atoms with Crippen LogP contribution in [-0.2, 0) is 6.54 Å². The number of hydrogen-bond acceptors (Lipinski definition) is 4. The van der Waals surface area contributed by atoms with Crippen molar-refractivity contribution < 1.29 is 0 Å². The number of nitrogens with one attached hydrogen (secondary N) is 1. The fraction of sp³-hybridized carbons (Fsp3) is 0.385.